The van der Waals surface area contributed by atoms with Gasteiger partial charge in [-0.1, -0.05) is 142 Å². The molecule has 4 aromatic carbocycles. The van der Waals surface area contributed by atoms with Crippen LogP contribution in [0.2, 0.25) is 5.04 Å². The van der Waals surface area contributed by atoms with E-state index in [1.54, 1.807) is 0 Å². The summed E-state index contributed by atoms with van der Waals surface area (Å²) < 4.78 is 22.5. The van der Waals surface area contributed by atoms with Crippen LogP contribution in [-0.4, -0.2) is 31.8 Å². The van der Waals surface area contributed by atoms with E-state index in [0.29, 0.717) is 24.2 Å². The molecular weight excluding hydrogens is 563 g/mol. The van der Waals surface area contributed by atoms with Crippen LogP contribution in [0.4, 0.5) is 0 Å². The topological polar surface area (TPSA) is 46.5 Å². The molecule has 0 saturated heterocycles. The highest BCUT2D eigenvalue weighted by molar-refractivity contribution is 7.79. The first-order valence-electron chi connectivity index (χ1n) is 15.9. The Morgan fingerprint density at radius 1 is 0.674 bits per heavy atom. The van der Waals surface area contributed by atoms with Gasteiger partial charge in [-0.15, -0.1) is 0 Å². The lowest BCUT2D eigenvalue weighted by Crippen LogP contribution is -2.66. The average Bonchev–Trinajstić information content (AvgIpc) is 3.70. The summed E-state index contributed by atoms with van der Waals surface area (Å²) in [6.45, 7) is 7.74. The van der Waals surface area contributed by atoms with Crippen molar-refractivity contribution < 1.29 is 14.1 Å². The molecule has 224 valence electrons. The highest BCUT2D eigenvalue weighted by Gasteiger charge is 2.56. The molecule has 3 nitrogen and oxygen atoms in total. The van der Waals surface area contributed by atoms with E-state index in [1.807, 2.05) is 60.7 Å². The normalized spacial score (nSPS) is 24.4. The largest absolute Gasteiger partial charge is 0.407 e. The minimum atomic E-state index is -3.05. The van der Waals surface area contributed by atoms with E-state index in [-0.39, 0.29) is 10.7 Å². The molecule has 2 fully saturated rings. The van der Waals surface area contributed by atoms with Gasteiger partial charge in [0.25, 0.3) is 8.32 Å². The molecule has 0 unspecified atom stereocenters. The molecule has 1 N–H and O–H groups in total. The Hall–Kier alpha value is -2.75. The number of hydrogen-bond donors (Lipinski definition) is 1. The Bertz CT molecular complexity index is 1440. The van der Waals surface area contributed by atoms with Gasteiger partial charge in [0.15, 0.2) is 0 Å². The van der Waals surface area contributed by atoms with Gasteiger partial charge in [0, 0.05) is 22.9 Å². The quantitative estimate of drug-likeness (QED) is 0.178. The first kappa shape index (κ1) is 30.3. The zero-order chi connectivity index (χ0) is 30.1. The second-order valence-electron chi connectivity index (χ2n) is 13.6. The number of fused-ring (bicyclic) bond motifs is 1. The van der Waals surface area contributed by atoms with E-state index in [4.69, 9.17) is 4.43 Å². The van der Waals surface area contributed by atoms with Gasteiger partial charge in [-0.3, -0.25) is 0 Å². The van der Waals surface area contributed by atoms with Gasteiger partial charge in [0.2, 0.25) is 0 Å². The minimum Gasteiger partial charge on any atom is -0.407 e. The molecule has 2 aliphatic carbocycles. The van der Waals surface area contributed by atoms with Crippen molar-refractivity contribution in [3.8, 4) is 0 Å². The average molecular weight is 609 g/mol. The van der Waals surface area contributed by atoms with Gasteiger partial charge in [-0.25, -0.2) is 0 Å². The Kier molecular flexibility index (Phi) is 8.68. The first-order chi connectivity index (χ1) is 20.8. The zero-order valence-corrected chi connectivity index (χ0v) is 27.6. The van der Waals surface area contributed by atoms with Crippen molar-refractivity contribution >= 4 is 36.4 Å². The lowest BCUT2D eigenvalue weighted by atomic mass is 9.98. The molecule has 0 amide bonds. The van der Waals surface area contributed by atoms with Crippen LogP contribution in [0.3, 0.4) is 0 Å². The number of rotatable bonds is 8. The molecule has 6 rings (SSSR count). The Morgan fingerprint density at radius 3 is 1.53 bits per heavy atom. The van der Waals surface area contributed by atoms with E-state index in [0.717, 1.165) is 36.5 Å². The molecule has 0 aromatic heterocycles. The molecule has 0 heterocycles. The Morgan fingerprint density at radius 2 is 1.09 bits per heavy atom. The summed E-state index contributed by atoms with van der Waals surface area (Å²) in [5, 5.41) is 15.9. The number of hydrogen-bond acceptors (Lipinski definition) is 3. The standard InChI is InChI=1S/C38H45O3PSi/c1-38(2,3)43(31-20-12-6-13-21-31,32-22-14-7-15-23-32)41-28-35-33-24-26-36(39)37(27-25-34(33)35)42(40,29-16-8-4-9-17-29)30-18-10-5-11-19-30/h4-23,33-37,39H,24-28H2,1-3H3/t33-,34+,35+,36-,37-/m1/s1. The molecule has 43 heavy (non-hydrogen) atoms. The molecule has 5 heteroatoms. The minimum absolute atomic E-state index is 0.0527. The van der Waals surface area contributed by atoms with Gasteiger partial charge in [-0.05, 0) is 58.8 Å². The van der Waals surface area contributed by atoms with Crippen LogP contribution < -0.4 is 21.0 Å². The molecule has 0 radical (unpaired) electrons. The first-order valence-corrected chi connectivity index (χ1v) is 19.6. The highest BCUT2D eigenvalue weighted by Crippen LogP contribution is 2.59. The van der Waals surface area contributed by atoms with E-state index in [9.17, 15) is 5.11 Å². The fourth-order valence-electron chi connectivity index (χ4n) is 7.98. The van der Waals surface area contributed by atoms with Crippen LogP contribution in [0.25, 0.3) is 0 Å². The second-order valence-corrected chi connectivity index (χ2v) is 20.9. The second kappa shape index (κ2) is 12.3. The summed E-state index contributed by atoms with van der Waals surface area (Å²) in [6.07, 6.45) is 2.79. The van der Waals surface area contributed by atoms with Crippen molar-refractivity contribution in [2.75, 3.05) is 6.61 Å². The third kappa shape index (κ3) is 5.64. The Balaban J connectivity index is 1.26. The van der Waals surface area contributed by atoms with Crippen LogP contribution in [0, 0.1) is 17.8 Å². The van der Waals surface area contributed by atoms with Crippen LogP contribution in [0.5, 0.6) is 0 Å². The maximum absolute atomic E-state index is 15.2. The lowest BCUT2D eigenvalue weighted by Gasteiger charge is -2.43. The van der Waals surface area contributed by atoms with Crippen molar-refractivity contribution in [2.24, 2.45) is 17.8 Å². The number of benzene rings is 4. The third-order valence-corrected chi connectivity index (χ3v) is 18.9. The van der Waals surface area contributed by atoms with Gasteiger partial charge < -0.3 is 14.1 Å². The van der Waals surface area contributed by atoms with Gasteiger partial charge in [0.05, 0.1) is 6.10 Å². The van der Waals surface area contributed by atoms with Crippen LogP contribution in [-0.2, 0) is 8.99 Å². The Labute approximate surface area is 258 Å². The van der Waals surface area contributed by atoms with Crippen molar-refractivity contribution in [1.82, 2.24) is 0 Å². The summed E-state index contributed by atoms with van der Waals surface area (Å²) in [4.78, 5) is 0. The fraction of sp³-hybridized carbons (Fsp3) is 0.368. The maximum atomic E-state index is 15.2. The molecular formula is C38H45O3PSi. The van der Waals surface area contributed by atoms with Crippen molar-refractivity contribution in [1.29, 1.82) is 0 Å². The third-order valence-electron chi connectivity index (χ3n) is 10.2. The van der Waals surface area contributed by atoms with Gasteiger partial charge in [0.1, 0.15) is 7.14 Å². The van der Waals surface area contributed by atoms with Crippen LogP contribution in [0.1, 0.15) is 46.5 Å². The molecule has 0 aliphatic heterocycles. The summed E-state index contributed by atoms with van der Waals surface area (Å²) in [7, 11) is -5.65. The SMILES string of the molecule is CC(C)(C)[Si](OC[C@H]1[C@@H]2CC[C@@H](O)[C@H](P(=O)(c3ccccc3)c3ccccc3)CC[C@@H]21)(c1ccccc1)c1ccccc1. The van der Waals surface area contributed by atoms with E-state index < -0.39 is 21.6 Å². The van der Waals surface area contributed by atoms with Crippen molar-refractivity contribution in [3.05, 3.63) is 121 Å². The summed E-state index contributed by atoms with van der Waals surface area (Å²) in [6, 6.07) is 41.5. The maximum Gasteiger partial charge on any atom is 0.261 e. The number of aliphatic hydroxyl groups is 1. The summed E-state index contributed by atoms with van der Waals surface area (Å²) >= 11 is 0. The molecule has 2 aliphatic rings. The van der Waals surface area contributed by atoms with Crippen molar-refractivity contribution in [2.45, 2.75) is 63.3 Å². The number of aliphatic hydroxyl groups excluding tert-OH is 1. The van der Waals surface area contributed by atoms with Crippen LogP contribution in [0.15, 0.2) is 121 Å². The van der Waals surface area contributed by atoms with Gasteiger partial charge >= 0.3 is 0 Å². The van der Waals surface area contributed by atoms with Crippen molar-refractivity contribution in [3.63, 3.8) is 0 Å². The van der Waals surface area contributed by atoms with E-state index in [1.165, 1.54) is 10.4 Å². The molecule has 5 atom stereocenters. The fourth-order valence-corrected chi connectivity index (χ4v) is 16.0. The molecule has 0 spiro atoms. The lowest BCUT2D eigenvalue weighted by molar-refractivity contribution is 0.143. The highest BCUT2D eigenvalue weighted by atomic mass is 31.2. The summed E-state index contributed by atoms with van der Waals surface area (Å²) in [5.41, 5.74) is -0.280. The molecule has 0 bridgehead atoms. The smallest absolute Gasteiger partial charge is 0.261 e. The monoisotopic (exact) mass is 608 g/mol. The molecule has 2 saturated carbocycles. The summed E-state index contributed by atoms with van der Waals surface area (Å²) in [5.74, 6) is 1.58. The predicted octanol–water partition coefficient (Wildman–Crippen LogP) is 6.74. The molecule has 4 aromatic rings. The zero-order valence-electron chi connectivity index (χ0n) is 25.7. The predicted molar refractivity (Wildman–Crippen MR) is 182 cm³/mol. The van der Waals surface area contributed by atoms with E-state index in [2.05, 4.69) is 81.4 Å². The van der Waals surface area contributed by atoms with Crippen LogP contribution >= 0.6 is 7.14 Å². The van der Waals surface area contributed by atoms with Gasteiger partial charge in [-0.2, -0.15) is 0 Å². The van der Waals surface area contributed by atoms with E-state index >= 15 is 4.57 Å².